The number of likely N-dealkylation sites (N-methyl/N-ethyl adjacent to an activating group) is 1. The number of carbonyl (C=O) groups is 2. The number of nitrogens with zero attached hydrogens (tertiary/aromatic N) is 2. The minimum atomic E-state index is -3.77. The molecular formula is C20H24FN3O4S. The Morgan fingerprint density at radius 1 is 1.07 bits per heavy atom. The average molecular weight is 421 g/mol. The predicted molar refractivity (Wildman–Crippen MR) is 109 cm³/mol. The van der Waals surface area contributed by atoms with Gasteiger partial charge in [0.2, 0.25) is 21.8 Å². The molecule has 1 atom stereocenters. The Kier molecular flexibility index (Phi) is 7.33. The van der Waals surface area contributed by atoms with Gasteiger partial charge in [-0.2, -0.15) is 0 Å². The maximum absolute atomic E-state index is 14.1. The molecule has 0 radical (unpaired) electrons. The Morgan fingerprint density at radius 3 is 2.21 bits per heavy atom. The van der Waals surface area contributed by atoms with E-state index in [1.807, 2.05) is 0 Å². The van der Waals surface area contributed by atoms with Crippen molar-refractivity contribution < 1.29 is 22.4 Å². The fraction of sp³-hybridized carbons (Fsp3) is 0.300. The van der Waals surface area contributed by atoms with Crippen molar-refractivity contribution in [2.75, 3.05) is 24.2 Å². The van der Waals surface area contributed by atoms with E-state index in [0.717, 1.165) is 10.6 Å². The highest BCUT2D eigenvalue weighted by Crippen LogP contribution is 2.19. The van der Waals surface area contributed by atoms with Gasteiger partial charge in [0.25, 0.3) is 0 Å². The van der Waals surface area contributed by atoms with E-state index < -0.39 is 40.2 Å². The zero-order valence-corrected chi connectivity index (χ0v) is 17.3. The van der Waals surface area contributed by atoms with Crippen molar-refractivity contribution in [3.8, 4) is 0 Å². The van der Waals surface area contributed by atoms with Crippen LogP contribution in [0.5, 0.6) is 0 Å². The van der Waals surface area contributed by atoms with Gasteiger partial charge >= 0.3 is 0 Å². The number of hydrogen-bond acceptors (Lipinski definition) is 4. The third kappa shape index (κ3) is 5.77. The molecule has 0 aliphatic heterocycles. The fourth-order valence-corrected chi connectivity index (χ4v) is 3.66. The van der Waals surface area contributed by atoms with E-state index in [4.69, 9.17) is 0 Å². The van der Waals surface area contributed by atoms with Gasteiger partial charge in [-0.25, -0.2) is 12.8 Å². The van der Waals surface area contributed by atoms with Crippen LogP contribution >= 0.6 is 0 Å². The van der Waals surface area contributed by atoms with Crippen molar-refractivity contribution in [3.05, 3.63) is 66.0 Å². The fourth-order valence-electron chi connectivity index (χ4n) is 2.81. The molecule has 0 heterocycles. The largest absolute Gasteiger partial charge is 0.357 e. The number of halogens is 1. The quantitative estimate of drug-likeness (QED) is 0.704. The maximum atomic E-state index is 14.1. The molecule has 0 aliphatic carbocycles. The molecule has 0 aromatic heterocycles. The molecule has 29 heavy (non-hydrogen) atoms. The summed E-state index contributed by atoms with van der Waals surface area (Å²) in [5, 5.41) is 2.46. The smallest absolute Gasteiger partial charge is 0.244 e. The van der Waals surface area contributed by atoms with Crippen LogP contribution in [0.4, 0.5) is 10.1 Å². The minimum absolute atomic E-state index is 0.174. The van der Waals surface area contributed by atoms with Crippen molar-refractivity contribution in [1.29, 1.82) is 0 Å². The zero-order valence-electron chi connectivity index (χ0n) is 16.5. The van der Waals surface area contributed by atoms with Crippen LogP contribution in [0.2, 0.25) is 0 Å². The third-order valence-electron chi connectivity index (χ3n) is 4.44. The van der Waals surface area contributed by atoms with E-state index in [-0.39, 0.29) is 12.1 Å². The van der Waals surface area contributed by atoms with Crippen LogP contribution in [0.3, 0.4) is 0 Å². The van der Waals surface area contributed by atoms with E-state index in [1.54, 1.807) is 36.4 Å². The third-order valence-corrected chi connectivity index (χ3v) is 5.58. The molecule has 0 saturated carbocycles. The van der Waals surface area contributed by atoms with Crippen molar-refractivity contribution in [3.63, 3.8) is 0 Å². The van der Waals surface area contributed by atoms with Gasteiger partial charge in [0.1, 0.15) is 18.4 Å². The predicted octanol–water partition coefficient (Wildman–Crippen LogP) is 1.75. The van der Waals surface area contributed by atoms with E-state index >= 15 is 0 Å². The summed E-state index contributed by atoms with van der Waals surface area (Å²) in [6.45, 7) is 0.815. The van der Waals surface area contributed by atoms with Crippen LogP contribution in [-0.2, 0) is 26.2 Å². The summed E-state index contributed by atoms with van der Waals surface area (Å²) in [5.41, 5.74) is 0.545. The molecule has 7 nitrogen and oxygen atoms in total. The number of rotatable bonds is 8. The van der Waals surface area contributed by atoms with Crippen LogP contribution in [-0.4, -0.2) is 51.0 Å². The van der Waals surface area contributed by atoms with Gasteiger partial charge in [-0.1, -0.05) is 36.4 Å². The van der Waals surface area contributed by atoms with E-state index in [9.17, 15) is 22.4 Å². The number of amides is 2. The van der Waals surface area contributed by atoms with Gasteiger partial charge in [-0.3, -0.25) is 13.9 Å². The summed E-state index contributed by atoms with van der Waals surface area (Å²) in [5.74, 6) is -1.59. The van der Waals surface area contributed by atoms with Crippen LogP contribution in [0.15, 0.2) is 54.6 Å². The highest BCUT2D eigenvalue weighted by molar-refractivity contribution is 7.92. The molecule has 0 spiro atoms. The van der Waals surface area contributed by atoms with E-state index in [0.29, 0.717) is 5.69 Å². The Hall–Kier alpha value is -2.94. The van der Waals surface area contributed by atoms with Crippen LogP contribution in [0.1, 0.15) is 12.5 Å². The lowest BCUT2D eigenvalue weighted by atomic mass is 10.1. The molecular weight excluding hydrogens is 397 g/mol. The summed E-state index contributed by atoms with van der Waals surface area (Å²) < 4.78 is 39.6. The standard InChI is InChI=1S/C20H24FN3O4S/c1-15(20(26)22-2)23(13-16-9-7-8-12-18(16)21)19(25)14-24(29(3,27)28)17-10-5-4-6-11-17/h4-12,15H,13-14H2,1-3H3,(H,22,26)/t15-/m0/s1. The Morgan fingerprint density at radius 2 is 1.66 bits per heavy atom. The maximum Gasteiger partial charge on any atom is 0.244 e. The monoisotopic (exact) mass is 421 g/mol. The van der Waals surface area contributed by atoms with Gasteiger partial charge in [0.05, 0.1) is 11.9 Å². The molecule has 0 unspecified atom stereocenters. The number of sulfonamides is 1. The van der Waals surface area contributed by atoms with Crippen molar-refractivity contribution in [2.45, 2.75) is 19.5 Å². The van der Waals surface area contributed by atoms with E-state index in [1.165, 1.54) is 37.1 Å². The second-order valence-corrected chi connectivity index (χ2v) is 8.42. The number of anilines is 1. The molecule has 2 rings (SSSR count). The summed E-state index contributed by atoms with van der Waals surface area (Å²) in [6.07, 6.45) is 0.997. The molecule has 9 heteroatoms. The number of nitrogens with one attached hydrogen (secondary N) is 1. The summed E-state index contributed by atoms with van der Waals surface area (Å²) in [6, 6.07) is 13.2. The van der Waals surface area contributed by atoms with Gasteiger partial charge in [0.15, 0.2) is 0 Å². The van der Waals surface area contributed by atoms with Gasteiger partial charge in [-0.15, -0.1) is 0 Å². The lowest BCUT2D eigenvalue weighted by Gasteiger charge is -2.31. The lowest BCUT2D eigenvalue weighted by Crippen LogP contribution is -2.50. The average Bonchev–Trinajstić information content (AvgIpc) is 2.69. The lowest BCUT2D eigenvalue weighted by molar-refractivity contribution is -0.139. The van der Waals surface area contributed by atoms with Crippen molar-refractivity contribution in [2.24, 2.45) is 0 Å². The SMILES string of the molecule is CNC(=O)[C@H](C)N(Cc1ccccc1F)C(=O)CN(c1ccccc1)S(C)(=O)=O. The first-order valence-corrected chi connectivity index (χ1v) is 10.8. The van der Waals surface area contributed by atoms with Crippen LogP contribution in [0, 0.1) is 5.82 Å². The van der Waals surface area contributed by atoms with Crippen molar-refractivity contribution in [1.82, 2.24) is 10.2 Å². The molecule has 2 amide bonds. The number of benzene rings is 2. The first kappa shape index (κ1) is 22.4. The first-order valence-electron chi connectivity index (χ1n) is 8.92. The summed E-state index contributed by atoms with van der Waals surface area (Å²) in [4.78, 5) is 26.4. The topological polar surface area (TPSA) is 86.8 Å². The molecule has 0 bridgehead atoms. The molecule has 0 aliphatic rings. The highest BCUT2D eigenvalue weighted by atomic mass is 32.2. The Balaban J connectivity index is 2.37. The first-order chi connectivity index (χ1) is 13.6. The molecule has 2 aromatic rings. The van der Waals surface area contributed by atoms with Crippen LogP contribution < -0.4 is 9.62 Å². The van der Waals surface area contributed by atoms with E-state index in [2.05, 4.69) is 5.32 Å². The zero-order chi connectivity index (χ0) is 21.6. The van der Waals surface area contributed by atoms with Crippen LogP contribution in [0.25, 0.3) is 0 Å². The Bertz CT molecular complexity index is 967. The summed E-state index contributed by atoms with van der Waals surface area (Å²) >= 11 is 0. The summed E-state index contributed by atoms with van der Waals surface area (Å²) in [7, 11) is -2.34. The number of carbonyl (C=O) groups excluding carboxylic acids is 2. The molecule has 0 fully saturated rings. The number of para-hydroxylation sites is 1. The van der Waals surface area contributed by atoms with Gasteiger partial charge < -0.3 is 10.2 Å². The Labute approximate surface area is 170 Å². The molecule has 2 aromatic carbocycles. The molecule has 1 N–H and O–H groups in total. The normalized spacial score (nSPS) is 12.1. The second-order valence-electron chi connectivity index (χ2n) is 6.51. The molecule has 0 saturated heterocycles. The number of hydrogen-bond donors (Lipinski definition) is 1. The van der Waals surface area contributed by atoms with Gasteiger partial charge in [-0.05, 0) is 25.1 Å². The highest BCUT2D eigenvalue weighted by Gasteiger charge is 2.30. The molecule has 156 valence electrons. The van der Waals surface area contributed by atoms with Gasteiger partial charge in [0, 0.05) is 19.2 Å². The second kappa shape index (κ2) is 9.51. The van der Waals surface area contributed by atoms with Crippen molar-refractivity contribution >= 4 is 27.5 Å². The minimum Gasteiger partial charge on any atom is -0.357 e.